The first-order valence-corrected chi connectivity index (χ1v) is 10.3. The van der Waals surface area contributed by atoms with E-state index >= 15 is 0 Å². The second-order valence-corrected chi connectivity index (χ2v) is 8.70. The highest BCUT2D eigenvalue weighted by atomic mass is 32.2. The van der Waals surface area contributed by atoms with Crippen molar-refractivity contribution in [3.63, 3.8) is 0 Å². The molecule has 12 heteroatoms. The lowest BCUT2D eigenvalue weighted by Crippen LogP contribution is -2.40. The molecule has 0 aromatic carbocycles. The van der Waals surface area contributed by atoms with Crippen LogP contribution in [0.2, 0.25) is 0 Å². The van der Waals surface area contributed by atoms with Crippen molar-refractivity contribution in [2.45, 2.75) is 45.1 Å². The van der Waals surface area contributed by atoms with Gasteiger partial charge in [0, 0.05) is 11.9 Å². The molecule has 2 heterocycles. The number of carbonyl (C=O) groups is 2. The average Bonchev–Trinajstić information content (AvgIpc) is 3.11. The Kier molecular flexibility index (Phi) is 5.90. The molecule has 2 rings (SSSR count). The highest BCUT2D eigenvalue weighted by molar-refractivity contribution is 7.90. The Labute approximate surface area is 159 Å². The van der Waals surface area contributed by atoms with Crippen molar-refractivity contribution in [3.05, 3.63) is 32.1 Å². The van der Waals surface area contributed by atoms with Gasteiger partial charge in [0.2, 0.25) is 0 Å². The van der Waals surface area contributed by atoms with Gasteiger partial charge in [-0.1, -0.05) is 6.92 Å². The van der Waals surface area contributed by atoms with Gasteiger partial charge >= 0.3 is 17.7 Å². The van der Waals surface area contributed by atoms with Crippen molar-refractivity contribution in [3.8, 4) is 0 Å². The summed E-state index contributed by atoms with van der Waals surface area (Å²) < 4.78 is 33.7. The molecule has 1 amide bonds. The molecule has 0 bridgehead atoms. The molecule has 0 atom stereocenters. The maximum atomic E-state index is 12.6. The monoisotopic (exact) mass is 416 g/mol. The van der Waals surface area contributed by atoms with Gasteiger partial charge in [-0.2, -0.15) is 0 Å². The largest absolute Gasteiger partial charge is 0.459 e. The summed E-state index contributed by atoms with van der Waals surface area (Å²) in [4.78, 5) is 36.5. The van der Waals surface area contributed by atoms with Crippen LogP contribution in [0.1, 0.15) is 41.1 Å². The maximum absolute atomic E-state index is 12.6. The number of esters is 1. The second-order valence-electron chi connectivity index (χ2n) is 5.92. The summed E-state index contributed by atoms with van der Waals surface area (Å²) in [6.45, 7) is 6.57. The first kappa shape index (κ1) is 20.8. The van der Waals surface area contributed by atoms with E-state index in [-0.39, 0.29) is 21.7 Å². The van der Waals surface area contributed by atoms with Gasteiger partial charge in [0.25, 0.3) is 10.0 Å². The van der Waals surface area contributed by atoms with E-state index in [1.165, 1.54) is 14.0 Å². The molecule has 2 aromatic rings. The summed E-state index contributed by atoms with van der Waals surface area (Å²) in [6.07, 6.45) is -0.0316. The highest BCUT2D eigenvalue weighted by Crippen LogP contribution is 2.28. The fraction of sp³-hybridized carbons (Fsp3) is 0.467. The predicted octanol–water partition coefficient (Wildman–Crippen LogP) is 1.03. The number of aromatic nitrogens is 3. The fourth-order valence-corrected chi connectivity index (χ4v) is 4.69. The van der Waals surface area contributed by atoms with E-state index in [0.717, 1.165) is 22.0 Å². The number of amides is 1. The second kappa shape index (κ2) is 7.64. The third-order valence-electron chi connectivity index (χ3n) is 3.54. The van der Waals surface area contributed by atoms with Crippen LogP contribution in [-0.4, -0.2) is 40.9 Å². The molecule has 0 saturated carbocycles. The SMILES string of the molecule is CCc1sc(C(=O)OC(C)C)cc1S(=O)(=O)NC(=O)n1nc(C)n(C)c1=O. The van der Waals surface area contributed by atoms with Gasteiger partial charge in [-0.15, -0.1) is 21.1 Å². The van der Waals surface area contributed by atoms with Gasteiger partial charge in [0.1, 0.15) is 15.6 Å². The van der Waals surface area contributed by atoms with Gasteiger partial charge in [-0.05, 0) is 33.3 Å². The molecule has 0 saturated heterocycles. The van der Waals surface area contributed by atoms with Crippen LogP contribution < -0.4 is 10.4 Å². The minimum absolute atomic E-state index is 0.110. The summed E-state index contributed by atoms with van der Waals surface area (Å²) in [7, 11) is -2.91. The lowest BCUT2D eigenvalue weighted by atomic mass is 10.3. The standard InChI is InChI=1S/C15H20N4O6S2/c1-6-10-12(7-11(26-10)13(20)25-8(2)3)27(23,24)17-14(21)19-15(22)18(5)9(4)16-19/h7-8H,6H2,1-5H3,(H,17,21). The van der Waals surface area contributed by atoms with E-state index in [1.54, 1.807) is 20.8 Å². The van der Waals surface area contributed by atoms with Crippen LogP contribution in [0.5, 0.6) is 0 Å². The van der Waals surface area contributed by atoms with E-state index in [2.05, 4.69) is 5.10 Å². The third kappa shape index (κ3) is 4.27. The zero-order valence-corrected chi connectivity index (χ0v) is 17.1. The number of aryl methyl sites for hydroxylation is 2. The van der Waals surface area contributed by atoms with Crippen molar-refractivity contribution in [1.82, 2.24) is 19.1 Å². The summed E-state index contributed by atoms with van der Waals surface area (Å²) in [5, 5.41) is 3.72. The molecule has 0 spiro atoms. The molecule has 0 unspecified atom stereocenters. The molecular formula is C15H20N4O6S2. The molecule has 0 aliphatic rings. The quantitative estimate of drug-likeness (QED) is 0.721. The molecule has 1 N–H and O–H groups in total. The first-order chi connectivity index (χ1) is 12.5. The van der Waals surface area contributed by atoms with E-state index in [1.807, 2.05) is 4.72 Å². The van der Waals surface area contributed by atoms with Crippen LogP contribution in [-0.2, 0) is 28.2 Å². The van der Waals surface area contributed by atoms with Crippen molar-refractivity contribution in [2.24, 2.45) is 7.05 Å². The summed E-state index contributed by atoms with van der Waals surface area (Å²) in [5.74, 6) is -0.398. The number of sulfonamides is 1. The van der Waals surface area contributed by atoms with Crippen molar-refractivity contribution in [1.29, 1.82) is 0 Å². The van der Waals surface area contributed by atoms with Crippen LogP contribution in [0.4, 0.5) is 4.79 Å². The highest BCUT2D eigenvalue weighted by Gasteiger charge is 2.28. The number of hydrogen-bond donors (Lipinski definition) is 1. The van der Waals surface area contributed by atoms with Gasteiger partial charge in [-0.25, -0.2) is 27.5 Å². The topological polar surface area (TPSA) is 129 Å². The van der Waals surface area contributed by atoms with E-state index < -0.39 is 27.7 Å². The summed E-state index contributed by atoms with van der Waals surface area (Å²) in [6, 6.07) is -0.0423. The van der Waals surface area contributed by atoms with Crippen LogP contribution in [0.3, 0.4) is 0 Å². The van der Waals surface area contributed by atoms with Gasteiger partial charge in [-0.3, -0.25) is 4.57 Å². The van der Waals surface area contributed by atoms with Crippen molar-refractivity contribution >= 4 is 33.4 Å². The van der Waals surface area contributed by atoms with Crippen molar-refractivity contribution in [2.75, 3.05) is 0 Å². The lowest BCUT2D eigenvalue weighted by molar-refractivity contribution is 0.0383. The molecule has 0 radical (unpaired) electrons. The Morgan fingerprint density at radius 2 is 2.00 bits per heavy atom. The molecule has 0 fully saturated rings. The number of hydrogen-bond acceptors (Lipinski definition) is 8. The number of thiophene rings is 1. The zero-order chi connectivity index (χ0) is 20.5. The fourth-order valence-electron chi connectivity index (χ4n) is 2.14. The number of carbonyl (C=O) groups excluding carboxylic acids is 2. The molecule has 10 nitrogen and oxygen atoms in total. The Morgan fingerprint density at radius 3 is 2.48 bits per heavy atom. The van der Waals surface area contributed by atoms with E-state index in [9.17, 15) is 22.8 Å². The smallest absolute Gasteiger partial charge is 0.360 e. The Morgan fingerprint density at radius 1 is 1.37 bits per heavy atom. The number of ether oxygens (including phenoxy) is 1. The van der Waals surface area contributed by atoms with Gasteiger partial charge in [0.15, 0.2) is 0 Å². The third-order valence-corrected chi connectivity index (χ3v) is 6.31. The van der Waals surface area contributed by atoms with E-state index in [0.29, 0.717) is 16.0 Å². The van der Waals surface area contributed by atoms with Crippen LogP contribution >= 0.6 is 11.3 Å². The van der Waals surface area contributed by atoms with E-state index in [4.69, 9.17) is 4.74 Å². The molecule has 27 heavy (non-hydrogen) atoms. The maximum Gasteiger partial charge on any atom is 0.360 e. The summed E-state index contributed by atoms with van der Waals surface area (Å²) >= 11 is 0.976. The number of nitrogens with one attached hydrogen (secondary N) is 1. The van der Waals surface area contributed by atoms with Crippen LogP contribution in [0.15, 0.2) is 15.8 Å². The van der Waals surface area contributed by atoms with Crippen molar-refractivity contribution < 1.29 is 22.7 Å². The molecule has 148 valence electrons. The minimum Gasteiger partial charge on any atom is -0.459 e. The Bertz CT molecular complexity index is 1050. The number of rotatable bonds is 5. The molecule has 0 aliphatic heterocycles. The molecular weight excluding hydrogens is 396 g/mol. The lowest BCUT2D eigenvalue weighted by Gasteiger charge is -2.06. The molecule has 0 aliphatic carbocycles. The van der Waals surface area contributed by atoms with Gasteiger partial charge < -0.3 is 4.74 Å². The summed E-state index contributed by atoms with van der Waals surface area (Å²) in [5.41, 5.74) is -0.776. The molecule has 2 aromatic heterocycles. The normalized spacial score (nSPS) is 11.6. The first-order valence-electron chi connectivity index (χ1n) is 8.01. The minimum atomic E-state index is -4.32. The number of nitrogens with zero attached hydrogens (tertiary/aromatic N) is 3. The Balaban J connectivity index is 2.37. The van der Waals surface area contributed by atoms with Gasteiger partial charge in [0.05, 0.1) is 6.10 Å². The predicted molar refractivity (Wildman–Crippen MR) is 97.6 cm³/mol. The zero-order valence-electron chi connectivity index (χ0n) is 15.5. The van der Waals surface area contributed by atoms with Crippen LogP contribution in [0, 0.1) is 6.92 Å². The average molecular weight is 416 g/mol. The van der Waals surface area contributed by atoms with Crippen LogP contribution in [0.25, 0.3) is 0 Å². The Hall–Kier alpha value is -2.47.